The summed E-state index contributed by atoms with van der Waals surface area (Å²) in [4.78, 5) is 42.9. The minimum Gasteiger partial charge on any atom is -0.477 e. The van der Waals surface area contributed by atoms with Crippen molar-refractivity contribution >= 4 is 45.8 Å². The Labute approximate surface area is 172 Å². The smallest absolute Gasteiger partial charge is 0.347 e. The topological polar surface area (TPSA) is 99.6 Å². The summed E-state index contributed by atoms with van der Waals surface area (Å²) in [5, 5.41) is 12.8. The van der Waals surface area contributed by atoms with Crippen LogP contribution < -0.4 is 10.2 Å². The highest BCUT2D eigenvalue weighted by atomic mass is 32.1. The van der Waals surface area contributed by atoms with Crippen LogP contribution in [0.1, 0.15) is 33.6 Å². The number of benzene rings is 1. The molecule has 0 spiro atoms. The van der Waals surface area contributed by atoms with Crippen molar-refractivity contribution < 1.29 is 19.5 Å². The molecule has 0 saturated carbocycles. The van der Waals surface area contributed by atoms with Gasteiger partial charge in [0.1, 0.15) is 4.88 Å². The van der Waals surface area contributed by atoms with E-state index in [-0.39, 0.29) is 34.4 Å². The molecule has 2 aromatic rings. The second kappa shape index (κ2) is 7.79. The van der Waals surface area contributed by atoms with Gasteiger partial charge in [0.25, 0.3) is 0 Å². The third-order valence-electron chi connectivity index (χ3n) is 5.45. The van der Waals surface area contributed by atoms with Gasteiger partial charge in [-0.05, 0) is 35.6 Å². The molecule has 8 heteroatoms. The van der Waals surface area contributed by atoms with Gasteiger partial charge in [-0.2, -0.15) is 0 Å². The van der Waals surface area contributed by atoms with Gasteiger partial charge in [-0.25, -0.2) is 9.78 Å². The number of nitrogens with zero attached hydrogens (tertiary/aromatic N) is 2. The maximum Gasteiger partial charge on any atom is 0.347 e. The second-order valence-electron chi connectivity index (χ2n) is 7.32. The Morgan fingerprint density at radius 1 is 1.38 bits per heavy atom. The maximum absolute atomic E-state index is 12.9. The van der Waals surface area contributed by atoms with Crippen molar-refractivity contribution in [2.75, 3.05) is 30.4 Å². The van der Waals surface area contributed by atoms with Crippen molar-refractivity contribution in [1.29, 1.82) is 0 Å². The number of carboxylic acid groups (broad SMARTS) is 1. The van der Waals surface area contributed by atoms with Gasteiger partial charge in [-0.1, -0.05) is 23.5 Å². The third-order valence-corrected chi connectivity index (χ3v) is 6.50. The van der Waals surface area contributed by atoms with Crippen LogP contribution in [0.2, 0.25) is 0 Å². The molecule has 1 aliphatic carbocycles. The zero-order chi connectivity index (χ0) is 20.5. The molecule has 29 heavy (non-hydrogen) atoms. The Morgan fingerprint density at radius 3 is 2.93 bits per heavy atom. The number of hydrogen-bond acceptors (Lipinski definition) is 7. The van der Waals surface area contributed by atoms with Crippen molar-refractivity contribution in [3.05, 3.63) is 46.0 Å². The van der Waals surface area contributed by atoms with Crippen LogP contribution in [0.5, 0.6) is 0 Å². The van der Waals surface area contributed by atoms with Crippen LogP contribution in [0.25, 0.3) is 6.08 Å². The summed E-state index contributed by atoms with van der Waals surface area (Å²) >= 11 is 1.14. The second-order valence-corrected chi connectivity index (χ2v) is 8.33. The molecule has 1 unspecified atom stereocenters. The number of Topliss-reactive ketones (excluding diaryl/α,β-unsaturated/α-hetero) is 2. The number of nitrogens with one attached hydrogen (secondary N) is 1. The summed E-state index contributed by atoms with van der Waals surface area (Å²) in [6, 6.07) is 5.76. The lowest BCUT2D eigenvalue weighted by Gasteiger charge is -2.19. The lowest BCUT2D eigenvalue weighted by atomic mass is 9.86. The molecule has 7 nitrogen and oxygen atoms in total. The number of thiazole rings is 1. The van der Waals surface area contributed by atoms with E-state index in [1.165, 1.54) is 6.20 Å². The van der Waals surface area contributed by atoms with E-state index in [2.05, 4.69) is 10.3 Å². The predicted molar refractivity (Wildman–Crippen MR) is 112 cm³/mol. The Morgan fingerprint density at radius 2 is 2.21 bits per heavy atom. The van der Waals surface area contributed by atoms with Gasteiger partial charge in [-0.15, -0.1) is 0 Å². The van der Waals surface area contributed by atoms with Crippen LogP contribution in [0.3, 0.4) is 0 Å². The van der Waals surface area contributed by atoms with Crippen molar-refractivity contribution in [3.63, 3.8) is 0 Å². The van der Waals surface area contributed by atoms with E-state index in [9.17, 15) is 14.4 Å². The number of hydrogen-bond donors (Lipinski definition) is 2. The molecule has 0 radical (unpaired) electrons. The van der Waals surface area contributed by atoms with Gasteiger partial charge in [0.05, 0.1) is 11.8 Å². The average molecular weight is 411 g/mol. The molecule has 0 bridgehead atoms. The van der Waals surface area contributed by atoms with Crippen LogP contribution in [0.4, 0.5) is 10.8 Å². The van der Waals surface area contributed by atoms with Crippen LogP contribution in [-0.4, -0.2) is 47.8 Å². The van der Waals surface area contributed by atoms with E-state index in [4.69, 9.17) is 5.11 Å². The van der Waals surface area contributed by atoms with Gasteiger partial charge in [-0.3, -0.25) is 9.59 Å². The average Bonchev–Trinajstić information content (AvgIpc) is 3.36. The Bertz CT molecular complexity index is 1030. The molecule has 1 aromatic heterocycles. The Hall–Kier alpha value is -3.00. The fourth-order valence-electron chi connectivity index (χ4n) is 3.95. The quantitative estimate of drug-likeness (QED) is 0.705. The molecule has 1 fully saturated rings. The number of allylic oxidation sites excluding steroid dienone is 1. The first-order valence-electron chi connectivity index (χ1n) is 9.48. The molecule has 0 amide bonds. The molecular weight excluding hydrogens is 390 g/mol. The number of ketones is 2. The minimum atomic E-state index is -0.982. The number of aromatic carboxylic acids is 1. The van der Waals surface area contributed by atoms with Crippen molar-refractivity contribution in [1.82, 2.24) is 4.98 Å². The number of aromatic nitrogens is 1. The highest BCUT2D eigenvalue weighted by Crippen LogP contribution is 2.32. The van der Waals surface area contributed by atoms with E-state index in [0.29, 0.717) is 18.1 Å². The largest absolute Gasteiger partial charge is 0.477 e. The number of carboxylic acids is 1. The van der Waals surface area contributed by atoms with Crippen molar-refractivity contribution in [2.45, 2.75) is 19.3 Å². The molecule has 1 atom stereocenters. The Balaban J connectivity index is 1.45. The van der Waals surface area contributed by atoms with Gasteiger partial charge in [0.2, 0.25) is 0 Å². The number of carbonyl (C=O) groups excluding carboxylic acids is 2. The summed E-state index contributed by atoms with van der Waals surface area (Å²) in [5.41, 5.74) is 3.04. The number of rotatable bonds is 6. The molecule has 2 aliphatic rings. The normalized spacial score (nSPS) is 18.4. The van der Waals surface area contributed by atoms with Crippen LogP contribution >= 0.6 is 11.3 Å². The summed E-state index contributed by atoms with van der Waals surface area (Å²) in [7, 11) is 1.82. The highest BCUT2D eigenvalue weighted by molar-refractivity contribution is 7.17. The predicted octanol–water partition coefficient (Wildman–Crippen LogP) is 2.88. The summed E-state index contributed by atoms with van der Waals surface area (Å²) in [6.45, 7) is 1.37. The van der Waals surface area contributed by atoms with E-state index in [1.807, 2.05) is 30.1 Å². The lowest BCUT2D eigenvalue weighted by Crippen LogP contribution is -2.23. The molecule has 4 rings (SSSR count). The zero-order valence-electron chi connectivity index (χ0n) is 16.0. The standard InChI is InChI=1S/C21H21N3O4S/c1-22-16-4-2-3-13-8-15(18(26)9-14(13)16)17(25)7-12-5-6-24(11-12)21-23-10-19(29-21)20(27)28/h2-4,8,10,12,22H,5-7,9,11H2,1H3,(H,27,28). The summed E-state index contributed by atoms with van der Waals surface area (Å²) in [6.07, 6.45) is 4.44. The van der Waals surface area contributed by atoms with Crippen LogP contribution in [0.15, 0.2) is 30.0 Å². The summed E-state index contributed by atoms with van der Waals surface area (Å²) < 4.78 is 0. The number of anilines is 2. The molecule has 2 N–H and O–H groups in total. The fraction of sp³-hybridized carbons (Fsp3) is 0.333. The fourth-order valence-corrected chi connectivity index (χ4v) is 4.74. The Kier molecular flexibility index (Phi) is 5.19. The molecular formula is C21H21N3O4S. The van der Waals surface area contributed by atoms with Gasteiger partial charge >= 0.3 is 5.97 Å². The first kappa shape index (κ1) is 19.3. The van der Waals surface area contributed by atoms with Crippen molar-refractivity contribution in [2.24, 2.45) is 5.92 Å². The van der Waals surface area contributed by atoms with Gasteiger partial charge in [0, 0.05) is 38.7 Å². The molecule has 2 heterocycles. The first-order chi connectivity index (χ1) is 14.0. The highest BCUT2D eigenvalue weighted by Gasteiger charge is 2.31. The maximum atomic E-state index is 12.9. The van der Waals surface area contributed by atoms with Crippen LogP contribution in [0, 0.1) is 5.92 Å². The van der Waals surface area contributed by atoms with Gasteiger partial charge in [0.15, 0.2) is 16.7 Å². The van der Waals surface area contributed by atoms with E-state index < -0.39 is 5.97 Å². The number of fused-ring (bicyclic) bond motifs is 1. The monoisotopic (exact) mass is 411 g/mol. The molecule has 1 aliphatic heterocycles. The van der Waals surface area contributed by atoms with Crippen molar-refractivity contribution in [3.8, 4) is 0 Å². The molecule has 1 saturated heterocycles. The first-order valence-corrected chi connectivity index (χ1v) is 10.3. The summed E-state index contributed by atoms with van der Waals surface area (Å²) in [5.74, 6) is -1.11. The van der Waals surface area contributed by atoms with Crippen LogP contribution in [-0.2, 0) is 16.0 Å². The lowest BCUT2D eigenvalue weighted by molar-refractivity contribution is -0.121. The minimum absolute atomic E-state index is 0.118. The van der Waals surface area contributed by atoms with E-state index in [0.717, 1.165) is 41.1 Å². The molecule has 1 aromatic carbocycles. The van der Waals surface area contributed by atoms with Gasteiger partial charge < -0.3 is 15.3 Å². The third kappa shape index (κ3) is 3.80. The molecule has 150 valence electrons. The SMILES string of the molecule is CNc1cccc2c1CC(=O)C(C(=O)CC1CCN(c3ncc(C(=O)O)s3)C1)=C2. The number of carbonyl (C=O) groups is 3. The van der Waals surface area contributed by atoms with E-state index >= 15 is 0 Å². The van der Waals surface area contributed by atoms with E-state index in [1.54, 1.807) is 6.08 Å². The zero-order valence-corrected chi connectivity index (χ0v) is 16.8.